The van der Waals surface area contributed by atoms with Crippen LogP contribution < -0.4 is 5.56 Å². The number of nitrogens with one attached hydrogen (secondary N) is 1. The van der Waals surface area contributed by atoms with Crippen molar-refractivity contribution in [3.05, 3.63) is 39.4 Å². The summed E-state index contributed by atoms with van der Waals surface area (Å²) in [5.74, 6) is -0.180. The van der Waals surface area contributed by atoms with Gasteiger partial charge >= 0.3 is 0 Å². The molecule has 0 spiro atoms. The normalized spacial score (nSPS) is 12.0. The van der Waals surface area contributed by atoms with E-state index in [1.54, 1.807) is 18.2 Å². The van der Waals surface area contributed by atoms with Gasteiger partial charge in [-0.05, 0) is 30.4 Å². The number of fused-ring (bicyclic) bond motifs is 1. The Labute approximate surface area is 136 Å². The first kappa shape index (κ1) is 16.5. The van der Waals surface area contributed by atoms with Crippen LogP contribution in [0.5, 0.6) is 0 Å². The Bertz CT molecular complexity index is 797. The third-order valence-electron chi connectivity index (χ3n) is 3.00. The van der Waals surface area contributed by atoms with Crippen molar-refractivity contribution in [3.63, 3.8) is 0 Å². The molecule has 0 saturated carbocycles. The maximum absolute atomic E-state index is 12.1. The van der Waals surface area contributed by atoms with Gasteiger partial charge in [0.25, 0.3) is 5.56 Å². The number of H-pyrrole nitrogens is 1. The lowest BCUT2D eigenvalue weighted by molar-refractivity contribution is -0.117. The van der Waals surface area contributed by atoms with E-state index in [1.807, 2.05) is 13.0 Å². The summed E-state index contributed by atoms with van der Waals surface area (Å²) in [6.45, 7) is 2.02. The number of Topliss-reactive ketones (excluding diaryl/α,β-unsaturated/α-hetero) is 1. The molecule has 114 valence electrons. The van der Waals surface area contributed by atoms with Gasteiger partial charge in [-0.2, -0.15) is 17.0 Å². The highest BCUT2D eigenvalue weighted by Gasteiger charge is 2.23. The van der Waals surface area contributed by atoms with E-state index in [2.05, 4.69) is 9.97 Å². The van der Waals surface area contributed by atoms with Gasteiger partial charge in [0.05, 0.1) is 22.7 Å². The Morgan fingerprint density at radius 3 is 3.00 bits per heavy atom. The second-order valence-corrected chi connectivity index (χ2v) is 6.24. The van der Waals surface area contributed by atoms with Crippen LogP contribution in [0.15, 0.2) is 23.0 Å². The minimum Gasteiger partial charge on any atom is -0.308 e. The van der Waals surface area contributed by atoms with Gasteiger partial charge in [-0.25, -0.2) is 4.98 Å². The van der Waals surface area contributed by atoms with Gasteiger partial charge in [0.15, 0.2) is 11.7 Å². The van der Waals surface area contributed by atoms with Crippen LogP contribution in [-0.2, 0) is 4.79 Å². The van der Waals surface area contributed by atoms with E-state index in [-0.39, 0.29) is 22.9 Å². The summed E-state index contributed by atoms with van der Waals surface area (Å²) in [5, 5.41) is 10.1. The lowest BCUT2D eigenvalue weighted by Crippen LogP contribution is -2.21. The molecule has 5 nitrogen and oxygen atoms in total. The van der Waals surface area contributed by atoms with Crippen LogP contribution in [0.2, 0.25) is 5.02 Å². The van der Waals surface area contributed by atoms with Crippen molar-refractivity contribution in [2.24, 2.45) is 0 Å². The van der Waals surface area contributed by atoms with E-state index >= 15 is 0 Å². The van der Waals surface area contributed by atoms with E-state index in [9.17, 15) is 14.9 Å². The Kier molecular flexibility index (Phi) is 5.58. The number of carbonyl (C=O) groups is 1. The Balaban J connectivity index is 2.37. The molecule has 1 atom stereocenters. The second-order valence-electron chi connectivity index (χ2n) is 4.69. The third-order valence-corrected chi connectivity index (χ3v) is 4.42. The van der Waals surface area contributed by atoms with Gasteiger partial charge < -0.3 is 4.98 Å². The molecule has 2 rings (SSSR count). The molecular formula is C15H14ClN3O2S. The highest BCUT2D eigenvalue weighted by atomic mass is 35.5. The standard InChI is InChI=1S/C15H14ClN3O2S/c1-2-5-22-8-13(20)11(7-17)14-18-12-6-9(16)3-4-10(12)15(21)19-14/h3-4,6,11H,2,5,8H2,1H3,(H,18,19,21)/t11-/m0/s1. The minimum atomic E-state index is -1.07. The van der Waals surface area contributed by atoms with Crippen molar-refractivity contribution >= 4 is 40.0 Å². The molecule has 7 heteroatoms. The number of halogens is 1. The number of hydrogen-bond donors (Lipinski definition) is 1. The fraction of sp³-hybridized carbons (Fsp3) is 0.333. The molecule has 0 fully saturated rings. The molecule has 0 unspecified atom stereocenters. The van der Waals surface area contributed by atoms with Crippen molar-refractivity contribution in [1.29, 1.82) is 5.26 Å². The van der Waals surface area contributed by atoms with Gasteiger partial charge in [-0.3, -0.25) is 9.59 Å². The average molecular weight is 336 g/mol. The van der Waals surface area contributed by atoms with Gasteiger partial charge in [-0.15, -0.1) is 0 Å². The molecule has 1 aromatic carbocycles. The zero-order valence-corrected chi connectivity index (χ0v) is 13.5. The number of hydrogen-bond acceptors (Lipinski definition) is 5. The summed E-state index contributed by atoms with van der Waals surface area (Å²) in [7, 11) is 0. The number of nitriles is 1. The third kappa shape index (κ3) is 3.67. The molecule has 1 heterocycles. The van der Waals surface area contributed by atoms with Gasteiger partial charge in [0.2, 0.25) is 0 Å². The second kappa shape index (κ2) is 7.43. The summed E-state index contributed by atoms with van der Waals surface area (Å²) < 4.78 is 0. The Morgan fingerprint density at radius 2 is 2.32 bits per heavy atom. The van der Waals surface area contributed by atoms with Crippen LogP contribution in [0.3, 0.4) is 0 Å². The topological polar surface area (TPSA) is 86.6 Å². The lowest BCUT2D eigenvalue weighted by Gasteiger charge is -2.08. The van der Waals surface area contributed by atoms with E-state index < -0.39 is 5.92 Å². The number of ketones is 1. The van der Waals surface area contributed by atoms with E-state index in [1.165, 1.54) is 11.8 Å². The highest BCUT2D eigenvalue weighted by molar-refractivity contribution is 7.99. The van der Waals surface area contributed by atoms with Crippen LogP contribution in [-0.4, -0.2) is 27.3 Å². The first-order valence-corrected chi connectivity index (χ1v) is 8.29. The SMILES string of the molecule is CCCSCC(=O)[C@H](C#N)c1nc2cc(Cl)ccc2c(=O)[nH]1. The molecule has 1 N–H and O–H groups in total. The number of aromatic amines is 1. The smallest absolute Gasteiger partial charge is 0.258 e. The van der Waals surface area contributed by atoms with Crippen LogP contribution >= 0.6 is 23.4 Å². The molecule has 1 aromatic heterocycles. The summed E-state index contributed by atoms with van der Waals surface area (Å²) in [6, 6.07) is 6.62. The highest BCUT2D eigenvalue weighted by Crippen LogP contribution is 2.19. The van der Waals surface area contributed by atoms with Crippen molar-refractivity contribution < 1.29 is 4.79 Å². The van der Waals surface area contributed by atoms with Crippen LogP contribution in [0.1, 0.15) is 25.1 Å². The van der Waals surface area contributed by atoms with Crippen molar-refractivity contribution in [2.45, 2.75) is 19.3 Å². The van der Waals surface area contributed by atoms with Gasteiger partial charge in [0.1, 0.15) is 5.82 Å². The molecule has 0 aliphatic carbocycles. The average Bonchev–Trinajstić information content (AvgIpc) is 2.47. The number of carbonyl (C=O) groups excluding carboxylic acids is 1. The number of nitrogens with zero attached hydrogens (tertiary/aromatic N) is 2. The largest absolute Gasteiger partial charge is 0.308 e. The summed E-state index contributed by atoms with van der Waals surface area (Å²) in [6.07, 6.45) is 0.957. The minimum absolute atomic E-state index is 0.0735. The van der Waals surface area contributed by atoms with Crippen LogP contribution in [0.25, 0.3) is 10.9 Å². The summed E-state index contributed by atoms with van der Waals surface area (Å²) >= 11 is 7.36. The van der Waals surface area contributed by atoms with Crippen molar-refractivity contribution in [3.8, 4) is 6.07 Å². The van der Waals surface area contributed by atoms with Gasteiger partial charge in [-0.1, -0.05) is 18.5 Å². The predicted octanol–water partition coefficient (Wildman–Crippen LogP) is 2.90. The monoisotopic (exact) mass is 335 g/mol. The first-order chi connectivity index (χ1) is 10.6. The van der Waals surface area contributed by atoms with Crippen LogP contribution in [0, 0.1) is 11.3 Å². The Morgan fingerprint density at radius 1 is 1.55 bits per heavy atom. The molecule has 0 aliphatic rings. The first-order valence-electron chi connectivity index (χ1n) is 6.76. The van der Waals surface area contributed by atoms with Crippen molar-refractivity contribution in [1.82, 2.24) is 9.97 Å². The number of thioether (sulfide) groups is 1. The summed E-state index contributed by atoms with van der Waals surface area (Å²) in [5.41, 5.74) is -0.00793. The zero-order chi connectivity index (χ0) is 16.1. The maximum atomic E-state index is 12.1. The zero-order valence-electron chi connectivity index (χ0n) is 11.9. The molecule has 2 aromatic rings. The molecule has 0 saturated heterocycles. The predicted molar refractivity (Wildman–Crippen MR) is 88.4 cm³/mol. The lowest BCUT2D eigenvalue weighted by atomic mass is 10.1. The van der Waals surface area contributed by atoms with E-state index in [0.29, 0.717) is 15.9 Å². The quantitative estimate of drug-likeness (QED) is 0.820. The molecule has 22 heavy (non-hydrogen) atoms. The number of benzene rings is 1. The molecular weight excluding hydrogens is 322 g/mol. The summed E-state index contributed by atoms with van der Waals surface area (Å²) in [4.78, 5) is 30.9. The van der Waals surface area contributed by atoms with Crippen LogP contribution in [0.4, 0.5) is 0 Å². The maximum Gasteiger partial charge on any atom is 0.258 e. The van der Waals surface area contributed by atoms with Gasteiger partial charge in [0, 0.05) is 5.02 Å². The number of rotatable bonds is 6. The Hall–Kier alpha value is -1.84. The molecule has 0 radical (unpaired) electrons. The molecule has 0 aliphatic heterocycles. The van der Waals surface area contributed by atoms with E-state index in [4.69, 9.17) is 11.6 Å². The molecule has 0 bridgehead atoms. The fourth-order valence-corrected chi connectivity index (χ4v) is 2.92. The molecule has 0 amide bonds. The van der Waals surface area contributed by atoms with E-state index in [0.717, 1.165) is 12.2 Å². The fourth-order valence-electron chi connectivity index (χ4n) is 1.95. The van der Waals surface area contributed by atoms with Crippen molar-refractivity contribution in [2.75, 3.05) is 11.5 Å². The number of aromatic nitrogens is 2.